The van der Waals surface area contributed by atoms with Crippen LogP contribution in [0, 0.1) is 47.3 Å². The van der Waals surface area contributed by atoms with Gasteiger partial charge in [-0.15, -0.1) is 0 Å². The minimum absolute atomic E-state index is 0.132. The molecule has 17 heavy (non-hydrogen) atoms. The van der Waals surface area contributed by atoms with Crippen LogP contribution in [0.5, 0.6) is 0 Å². The molecule has 4 aliphatic carbocycles. The molecule has 2 N–H and O–H groups in total. The zero-order valence-corrected chi connectivity index (χ0v) is 10.1. The largest absolute Gasteiger partial charge is 0.481 e. The molecule has 4 bridgehead atoms. The van der Waals surface area contributed by atoms with E-state index in [9.17, 15) is 15.0 Å². The molecule has 0 heterocycles. The van der Waals surface area contributed by atoms with Crippen molar-refractivity contribution in [3.05, 3.63) is 0 Å². The molecule has 0 aliphatic heterocycles. The van der Waals surface area contributed by atoms with Crippen molar-refractivity contribution in [1.29, 1.82) is 0 Å². The molecule has 3 heteroatoms. The van der Waals surface area contributed by atoms with Gasteiger partial charge in [0.2, 0.25) is 0 Å². The predicted octanol–water partition coefficient (Wildman–Crippen LogP) is 1.61. The van der Waals surface area contributed by atoms with Crippen LogP contribution in [0.3, 0.4) is 0 Å². The van der Waals surface area contributed by atoms with Crippen molar-refractivity contribution < 1.29 is 15.0 Å². The molecule has 0 aromatic heterocycles. The second kappa shape index (κ2) is 3.05. The van der Waals surface area contributed by atoms with Gasteiger partial charge in [0.1, 0.15) is 0 Å². The van der Waals surface area contributed by atoms with Crippen molar-refractivity contribution in [3.63, 3.8) is 0 Å². The van der Waals surface area contributed by atoms with Gasteiger partial charge in [-0.25, -0.2) is 0 Å². The average Bonchev–Trinajstić information content (AvgIpc) is 2.91. The van der Waals surface area contributed by atoms with E-state index in [0.29, 0.717) is 35.5 Å². The van der Waals surface area contributed by atoms with E-state index >= 15 is 0 Å². The zero-order valence-electron chi connectivity index (χ0n) is 10.1. The van der Waals surface area contributed by atoms with Gasteiger partial charge in [-0.1, -0.05) is 6.92 Å². The van der Waals surface area contributed by atoms with Gasteiger partial charge in [-0.05, 0) is 60.7 Å². The summed E-state index contributed by atoms with van der Waals surface area (Å²) in [6.07, 6.45) is 3.14. The molecule has 4 saturated carbocycles. The summed E-state index contributed by atoms with van der Waals surface area (Å²) in [5, 5.41) is 19.4. The number of carbonyl (C=O) groups is 1. The zero-order chi connectivity index (χ0) is 11.9. The van der Waals surface area contributed by atoms with Crippen LogP contribution >= 0.6 is 0 Å². The summed E-state index contributed by atoms with van der Waals surface area (Å²) in [5.41, 5.74) is 0. The smallest absolute Gasteiger partial charge is 0.307 e. The van der Waals surface area contributed by atoms with Gasteiger partial charge in [0.15, 0.2) is 0 Å². The van der Waals surface area contributed by atoms with Crippen LogP contribution < -0.4 is 0 Å². The molecule has 9 atom stereocenters. The fourth-order valence-corrected chi connectivity index (χ4v) is 6.30. The first-order valence-corrected chi connectivity index (χ1v) is 7.00. The maximum absolute atomic E-state index is 11.4. The van der Waals surface area contributed by atoms with Crippen LogP contribution in [-0.4, -0.2) is 22.3 Å². The Balaban J connectivity index is 1.71. The number of carboxylic acids is 1. The van der Waals surface area contributed by atoms with E-state index in [1.165, 1.54) is 6.42 Å². The van der Waals surface area contributed by atoms with E-state index < -0.39 is 5.97 Å². The lowest BCUT2D eigenvalue weighted by molar-refractivity contribution is -0.148. The number of aliphatic hydroxyl groups excluding tert-OH is 1. The lowest BCUT2D eigenvalue weighted by atomic mass is 9.63. The molecule has 0 aromatic carbocycles. The Labute approximate surface area is 101 Å². The van der Waals surface area contributed by atoms with Gasteiger partial charge in [-0.2, -0.15) is 0 Å². The van der Waals surface area contributed by atoms with E-state index in [-0.39, 0.29) is 12.0 Å². The number of hydrogen-bond acceptors (Lipinski definition) is 2. The van der Waals surface area contributed by atoms with Gasteiger partial charge in [0.05, 0.1) is 12.0 Å². The Morgan fingerprint density at radius 1 is 1.06 bits per heavy atom. The normalized spacial score (nSPS) is 63.1. The third kappa shape index (κ3) is 1.05. The third-order valence-electron chi connectivity index (χ3n) is 6.62. The topological polar surface area (TPSA) is 57.5 Å². The van der Waals surface area contributed by atoms with Gasteiger partial charge in [0.25, 0.3) is 0 Å². The number of rotatable bonds is 1. The van der Waals surface area contributed by atoms with Crippen LogP contribution in [-0.2, 0) is 4.79 Å². The average molecular weight is 236 g/mol. The molecular formula is C14H20O3. The molecule has 3 nitrogen and oxygen atoms in total. The summed E-state index contributed by atoms with van der Waals surface area (Å²) in [6, 6.07) is 0. The fraction of sp³-hybridized carbons (Fsp3) is 0.929. The monoisotopic (exact) mass is 236 g/mol. The van der Waals surface area contributed by atoms with Crippen LogP contribution in [0.25, 0.3) is 0 Å². The van der Waals surface area contributed by atoms with Crippen LogP contribution in [0.2, 0.25) is 0 Å². The molecule has 9 unspecified atom stereocenters. The van der Waals surface area contributed by atoms with Crippen LogP contribution in [0.4, 0.5) is 0 Å². The maximum Gasteiger partial charge on any atom is 0.307 e. The van der Waals surface area contributed by atoms with E-state index in [0.717, 1.165) is 18.8 Å². The van der Waals surface area contributed by atoms with Gasteiger partial charge in [-0.3, -0.25) is 4.79 Å². The van der Waals surface area contributed by atoms with Crippen molar-refractivity contribution in [1.82, 2.24) is 0 Å². The molecule has 4 aliphatic rings. The highest BCUT2D eigenvalue weighted by atomic mass is 16.4. The van der Waals surface area contributed by atoms with Crippen molar-refractivity contribution in [2.24, 2.45) is 47.3 Å². The Morgan fingerprint density at radius 2 is 1.82 bits per heavy atom. The number of aliphatic hydroxyl groups is 1. The molecule has 4 rings (SSSR count). The number of carboxylic acid groups (broad SMARTS) is 1. The lowest BCUT2D eigenvalue weighted by Gasteiger charge is -2.42. The highest BCUT2D eigenvalue weighted by Gasteiger charge is 2.67. The fourth-order valence-electron chi connectivity index (χ4n) is 6.30. The lowest BCUT2D eigenvalue weighted by Crippen LogP contribution is -2.43. The molecule has 94 valence electrons. The Bertz CT molecular complexity index is 380. The third-order valence-corrected chi connectivity index (χ3v) is 6.62. The molecule has 0 radical (unpaired) electrons. The minimum atomic E-state index is -0.597. The van der Waals surface area contributed by atoms with Crippen molar-refractivity contribution >= 4 is 5.97 Å². The quantitative estimate of drug-likeness (QED) is 0.680. The standard InChI is InChI=1S/C14H20O3/c1-5-7-4-9(11(5)14(16)17)13-8-2-6(12(7)13)3-10(8)15/h5-13,15H,2-4H2,1H3,(H,16,17). The Hall–Kier alpha value is -0.570. The molecule has 4 fully saturated rings. The van der Waals surface area contributed by atoms with E-state index in [1.807, 2.05) is 0 Å². The van der Waals surface area contributed by atoms with E-state index in [4.69, 9.17) is 0 Å². The van der Waals surface area contributed by atoms with Crippen LogP contribution in [0.1, 0.15) is 26.2 Å². The Kier molecular flexibility index (Phi) is 1.86. The number of fused-ring (bicyclic) bond motifs is 9. The maximum atomic E-state index is 11.4. The minimum Gasteiger partial charge on any atom is -0.481 e. The van der Waals surface area contributed by atoms with E-state index in [2.05, 4.69) is 6.92 Å². The molecule has 0 spiro atoms. The first-order valence-electron chi connectivity index (χ1n) is 7.00. The van der Waals surface area contributed by atoms with Crippen molar-refractivity contribution in [3.8, 4) is 0 Å². The first kappa shape index (κ1) is 10.4. The second-order valence-corrected chi connectivity index (χ2v) is 6.90. The van der Waals surface area contributed by atoms with Crippen LogP contribution in [0.15, 0.2) is 0 Å². The highest BCUT2D eigenvalue weighted by molar-refractivity contribution is 5.71. The van der Waals surface area contributed by atoms with Crippen molar-refractivity contribution in [2.45, 2.75) is 32.3 Å². The molecule has 0 amide bonds. The summed E-state index contributed by atoms with van der Waals surface area (Å²) in [5.74, 6) is 3.03. The summed E-state index contributed by atoms with van der Waals surface area (Å²) in [7, 11) is 0. The van der Waals surface area contributed by atoms with Crippen molar-refractivity contribution in [2.75, 3.05) is 0 Å². The summed E-state index contributed by atoms with van der Waals surface area (Å²) >= 11 is 0. The molecule has 0 saturated heterocycles. The SMILES string of the molecule is CC1C2CC(C1C(=O)O)C1C3CC(CC3O)C21. The first-order chi connectivity index (χ1) is 8.09. The molecule has 0 aromatic rings. The highest BCUT2D eigenvalue weighted by Crippen LogP contribution is 2.70. The van der Waals surface area contributed by atoms with E-state index in [1.54, 1.807) is 0 Å². The van der Waals surface area contributed by atoms with Gasteiger partial charge in [0, 0.05) is 0 Å². The summed E-state index contributed by atoms with van der Waals surface area (Å²) in [6.45, 7) is 2.14. The summed E-state index contributed by atoms with van der Waals surface area (Å²) < 4.78 is 0. The van der Waals surface area contributed by atoms with Gasteiger partial charge >= 0.3 is 5.97 Å². The number of hydrogen-bond donors (Lipinski definition) is 2. The Morgan fingerprint density at radius 3 is 2.53 bits per heavy atom. The number of aliphatic carboxylic acids is 1. The summed E-state index contributed by atoms with van der Waals surface area (Å²) in [4.78, 5) is 11.4. The van der Waals surface area contributed by atoms with Gasteiger partial charge < -0.3 is 10.2 Å². The predicted molar refractivity (Wildman–Crippen MR) is 61.1 cm³/mol. The second-order valence-electron chi connectivity index (χ2n) is 6.90. The molecular weight excluding hydrogens is 216 g/mol.